The van der Waals surface area contributed by atoms with Crippen LogP contribution < -0.4 is 4.74 Å². The molecule has 0 bridgehead atoms. The molecular weight excluding hydrogens is 268 g/mol. The van der Waals surface area contributed by atoms with Crippen molar-refractivity contribution in [1.82, 2.24) is 9.97 Å². The molecule has 1 aromatic heterocycles. The minimum atomic E-state index is -1.12. The molecule has 0 aliphatic heterocycles. The number of aromatic carboxylic acids is 1. The number of ether oxygens (including phenoxy) is 1. The highest BCUT2D eigenvalue weighted by Crippen LogP contribution is 2.33. The number of hydrogen-bond donors (Lipinski definition) is 1. The maximum absolute atomic E-state index is 11.1. The first-order chi connectivity index (χ1) is 10.2. The van der Waals surface area contributed by atoms with Gasteiger partial charge in [0.15, 0.2) is 5.69 Å². The molecule has 2 aromatic rings. The van der Waals surface area contributed by atoms with Crippen LogP contribution in [0.2, 0.25) is 0 Å². The maximum atomic E-state index is 11.1. The van der Waals surface area contributed by atoms with Gasteiger partial charge in [0.05, 0.1) is 6.20 Å². The normalized spacial score (nSPS) is 13.8. The van der Waals surface area contributed by atoms with E-state index in [4.69, 9.17) is 9.84 Å². The van der Waals surface area contributed by atoms with Gasteiger partial charge < -0.3 is 9.84 Å². The van der Waals surface area contributed by atoms with Crippen LogP contribution in [0.5, 0.6) is 11.6 Å². The van der Waals surface area contributed by atoms with E-state index in [1.807, 2.05) is 18.2 Å². The Hall–Kier alpha value is -2.69. The molecular formula is C16H14N2O3. The van der Waals surface area contributed by atoms with Gasteiger partial charge in [-0.2, -0.15) is 0 Å². The zero-order chi connectivity index (χ0) is 14.7. The minimum Gasteiger partial charge on any atom is -0.476 e. The largest absolute Gasteiger partial charge is 0.476 e. The predicted octanol–water partition coefficient (Wildman–Crippen LogP) is 3.53. The molecule has 5 heteroatoms. The number of benzene rings is 1. The fraction of sp³-hybridized carbons (Fsp3) is 0.188. The number of nitrogens with zero attached hydrogens (tertiary/aromatic N) is 2. The average Bonchev–Trinajstić information content (AvgIpc) is 3.02. The van der Waals surface area contributed by atoms with Crippen LogP contribution in [-0.4, -0.2) is 21.0 Å². The van der Waals surface area contributed by atoms with Crippen LogP contribution in [0.25, 0.3) is 5.57 Å². The number of hydrogen-bond acceptors (Lipinski definition) is 4. The molecule has 0 radical (unpaired) electrons. The maximum Gasteiger partial charge on any atom is 0.356 e. The lowest BCUT2D eigenvalue weighted by atomic mass is 10.1. The van der Waals surface area contributed by atoms with Crippen LogP contribution in [0.3, 0.4) is 0 Å². The summed E-state index contributed by atoms with van der Waals surface area (Å²) in [5, 5.41) is 9.06. The van der Waals surface area contributed by atoms with Crippen LogP contribution in [-0.2, 0) is 0 Å². The summed E-state index contributed by atoms with van der Waals surface area (Å²) in [6, 6.07) is 9.16. The number of para-hydroxylation sites is 1. The molecule has 1 heterocycles. The summed E-state index contributed by atoms with van der Waals surface area (Å²) in [5.74, 6) is -0.268. The van der Waals surface area contributed by atoms with Crippen molar-refractivity contribution < 1.29 is 14.6 Å². The van der Waals surface area contributed by atoms with Crippen molar-refractivity contribution >= 4 is 11.5 Å². The second-order valence-electron chi connectivity index (χ2n) is 4.75. The van der Waals surface area contributed by atoms with Crippen molar-refractivity contribution in [3.05, 3.63) is 54.0 Å². The summed E-state index contributed by atoms with van der Waals surface area (Å²) < 4.78 is 5.73. The molecule has 106 valence electrons. The lowest BCUT2D eigenvalue weighted by molar-refractivity contribution is 0.0689. The van der Waals surface area contributed by atoms with Crippen molar-refractivity contribution in [2.45, 2.75) is 19.3 Å². The summed E-state index contributed by atoms with van der Waals surface area (Å²) in [7, 11) is 0. The summed E-state index contributed by atoms with van der Waals surface area (Å²) >= 11 is 0. The van der Waals surface area contributed by atoms with E-state index in [0.717, 1.165) is 24.8 Å². The Morgan fingerprint density at radius 2 is 2.05 bits per heavy atom. The first-order valence-electron chi connectivity index (χ1n) is 6.76. The molecule has 0 saturated carbocycles. The molecule has 0 atom stereocenters. The molecule has 0 unspecified atom stereocenters. The van der Waals surface area contributed by atoms with E-state index in [1.165, 1.54) is 6.20 Å². The van der Waals surface area contributed by atoms with Gasteiger partial charge in [-0.1, -0.05) is 24.3 Å². The monoisotopic (exact) mass is 282 g/mol. The fourth-order valence-corrected chi connectivity index (χ4v) is 2.25. The van der Waals surface area contributed by atoms with Crippen molar-refractivity contribution in [3.63, 3.8) is 0 Å². The molecule has 21 heavy (non-hydrogen) atoms. The van der Waals surface area contributed by atoms with E-state index >= 15 is 0 Å². The number of allylic oxidation sites excluding steroid dienone is 2. The van der Waals surface area contributed by atoms with Crippen LogP contribution in [0, 0.1) is 0 Å². The Balaban J connectivity index is 2.01. The lowest BCUT2D eigenvalue weighted by Gasteiger charge is -2.10. The second-order valence-corrected chi connectivity index (χ2v) is 4.75. The topological polar surface area (TPSA) is 72.3 Å². The fourth-order valence-electron chi connectivity index (χ4n) is 2.25. The van der Waals surface area contributed by atoms with E-state index in [2.05, 4.69) is 16.0 Å². The summed E-state index contributed by atoms with van der Waals surface area (Å²) in [6.45, 7) is 0. The number of aromatic nitrogens is 2. The molecule has 0 saturated heterocycles. The minimum absolute atomic E-state index is 0.122. The summed E-state index contributed by atoms with van der Waals surface area (Å²) in [4.78, 5) is 19.4. The highest BCUT2D eigenvalue weighted by Gasteiger charge is 2.18. The van der Waals surface area contributed by atoms with E-state index in [9.17, 15) is 4.79 Å². The highest BCUT2D eigenvalue weighted by molar-refractivity contribution is 5.85. The smallest absolute Gasteiger partial charge is 0.356 e. The zero-order valence-electron chi connectivity index (χ0n) is 11.3. The lowest BCUT2D eigenvalue weighted by Crippen LogP contribution is -2.05. The van der Waals surface area contributed by atoms with Crippen LogP contribution in [0.1, 0.15) is 35.4 Å². The summed E-state index contributed by atoms with van der Waals surface area (Å²) in [6.07, 6.45) is 6.36. The first-order valence-corrected chi connectivity index (χ1v) is 6.76. The Morgan fingerprint density at radius 1 is 1.24 bits per heavy atom. The number of carbonyl (C=O) groups is 1. The molecule has 1 aliphatic rings. The molecule has 0 amide bonds. The molecule has 3 rings (SSSR count). The third-order valence-corrected chi connectivity index (χ3v) is 3.26. The van der Waals surface area contributed by atoms with Gasteiger partial charge in [-0.15, -0.1) is 0 Å². The van der Waals surface area contributed by atoms with E-state index < -0.39 is 5.97 Å². The van der Waals surface area contributed by atoms with Gasteiger partial charge in [0.2, 0.25) is 5.88 Å². The number of rotatable bonds is 4. The van der Waals surface area contributed by atoms with Crippen LogP contribution in [0.4, 0.5) is 0 Å². The van der Waals surface area contributed by atoms with Crippen molar-refractivity contribution in [2.75, 3.05) is 0 Å². The molecule has 1 aromatic carbocycles. The Morgan fingerprint density at radius 3 is 2.71 bits per heavy atom. The quantitative estimate of drug-likeness (QED) is 0.928. The number of carboxylic acid groups (broad SMARTS) is 1. The van der Waals surface area contributed by atoms with E-state index in [-0.39, 0.29) is 11.6 Å². The van der Waals surface area contributed by atoms with E-state index in [0.29, 0.717) is 11.4 Å². The van der Waals surface area contributed by atoms with Gasteiger partial charge in [-0.25, -0.2) is 14.8 Å². The van der Waals surface area contributed by atoms with Crippen molar-refractivity contribution in [1.29, 1.82) is 0 Å². The molecule has 1 N–H and O–H groups in total. The molecule has 1 aliphatic carbocycles. The van der Waals surface area contributed by atoms with Crippen LogP contribution in [0.15, 0.2) is 42.6 Å². The molecule has 0 fully saturated rings. The average molecular weight is 282 g/mol. The van der Waals surface area contributed by atoms with Crippen LogP contribution >= 0.6 is 0 Å². The van der Waals surface area contributed by atoms with Gasteiger partial charge >= 0.3 is 5.97 Å². The van der Waals surface area contributed by atoms with E-state index in [1.54, 1.807) is 12.1 Å². The van der Waals surface area contributed by atoms with Crippen molar-refractivity contribution in [3.8, 4) is 11.6 Å². The third kappa shape index (κ3) is 2.91. The molecule has 5 nitrogen and oxygen atoms in total. The standard InChI is InChI=1S/C16H14N2O3/c19-16(20)13-10-17-14(11-6-4-5-7-11)15(18-13)21-12-8-2-1-3-9-12/h1-3,6,8-10H,4-5,7H2,(H,19,20). The first kappa shape index (κ1) is 13.3. The Kier molecular flexibility index (Phi) is 3.64. The zero-order valence-corrected chi connectivity index (χ0v) is 11.3. The predicted molar refractivity (Wildman–Crippen MR) is 77.3 cm³/mol. The SMILES string of the molecule is O=C(O)c1cnc(C2=CCCC2)c(Oc2ccccc2)n1. The van der Waals surface area contributed by atoms with Gasteiger partial charge in [-0.05, 0) is 37.0 Å². The molecule has 0 spiro atoms. The highest BCUT2D eigenvalue weighted by atomic mass is 16.5. The van der Waals surface area contributed by atoms with Crippen molar-refractivity contribution in [2.24, 2.45) is 0 Å². The summed E-state index contributed by atoms with van der Waals surface area (Å²) in [5.41, 5.74) is 1.56. The van der Waals surface area contributed by atoms with Gasteiger partial charge in [-0.3, -0.25) is 0 Å². The Bertz CT molecular complexity index is 696. The number of carboxylic acids is 1. The van der Waals surface area contributed by atoms with Gasteiger partial charge in [0, 0.05) is 0 Å². The third-order valence-electron chi connectivity index (χ3n) is 3.26. The van der Waals surface area contributed by atoms with Gasteiger partial charge in [0.1, 0.15) is 11.4 Å². The Labute approximate surface area is 121 Å². The second kappa shape index (κ2) is 5.75. The van der Waals surface area contributed by atoms with Gasteiger partial charge in [0.25, 0.3) is 0 Å².